The van der Waals surface area contributed by atoms with Crippen LogP contribution in [0.2, 0.25) is 0 Å². The summed E-state index contributed by atoms with van der Waals surface area (Å²) in [6.45, 7) is 0. The molecule has 0 aromatic rings. The third-order valence-corrected chi connectivity index (χ3v) is 1.62. The number of carboxylic acid groups (broad SMARTS) is 1. The van der Waals surface area contributed by atoms with Crippen LogP contribution in [0.4, 0.5) is 0 Å². The van der Waals surface area contributed by atoms with Crippen LogP contribution in [0.1, 0.15) is 6.42 Å². The van der Waals surface area contributed by atoms with Crippen molar-refractivity contribution in [2.45, 2.75) is 12.5 Å². The number of hydrogen-bond donors (Lipinski definition) is 2. The highest BCUT2D eigenvalue weighted by Gasteiger charge is 2.19. The van der Waals surface area contributed by atoms with Gasteiger partial charge in [0, 0.05) is 0 Å². The van der Waals surface area contributed by atoms with Gasteiger partial charge in [-0.3, -0.25) is 14.7 Å². The van der Waals surface area contributed by atoms with E-state index in [1.54, 1.807) is 9.47 Å². The minimum atomic E-state index is -1.06. The molecule has 0 bridgehead atoms. The highest BCUT2D eigenvalue weighted by atomic mass is 31.0. The van der Waals surface area contributed by atoms with E-state index >= 15 is 0 Å². The standard InChI is InChI=1S/C4H9NO4P2/c6-3(7)1-2(5-10)4(8)9-11/h2,5H,1,10-11H2,(H,6,7). The third-order valence-electron chi connectivity index (χ3n) is 0.981. The molecule has 3 unspecified atom stereocenters. The Labute approximate surface area is 68.4 Å². The maximum atomic E-state index is 10.7. The highest BCUT2D eigenvalue weighted by Crippen LogP contribution is 2.00. The normalized spacial score (nSPS) is 12.2. The summed E-state index contributed by atoms with van der Waals surface area (Å²) < 4.78 is 4.24. The Morgan fingerprint density at radius 1 is 1.64 bits per heavy atom. The molecule has 0 amide bonds. The molecule has 0 aromatic heterocycles. The molecular weight excluding hydrogens is 188 g/mol. The zero-order valence-corrected chi connectivity index (χ0v) is 7.92. The second-order valence-corrected chi connectivity index (χ2v) is 2.32. The zero-order valence-electron chi connectivity index (χ0n) is 5.61. The van der Waals surface area contributed by atoms with Gasteiger partial charge in [-0.25, -0.2) is 0 Å². The number of nitrogens with one attached hydrogen (secondary N) is 1. The van der Waals surface area contributed by atoms with Crippen molar-refractivity contribution in [2.75, 3.05) is 0 Å². The molecule has 3 atom stereocenters. The summed E-state index contributed by atoms with van der Waals surface area (Å²) in [7, 11) is 3.82. The number of carbonyl (C=O) groups excluding carboxylic acids is 1. The molecule has 0 spiro atoms. The molecule has 0 fully saturated rings. The summed E-state index contributed by atoms with van der Waals surface area (Å²) in [6.07, 6.45) is -0.295. The van der Waals surface area contributed by atoms with Crippen LogP contribution >= 0.6 is 18.9 Å². The van der Waals surface area contributed by atoms with Crippen LogP contribution in [0.25, 0.3) is 0 Å². The van der Waals surface area contributed by atoms with Crippen LogP contribution in [-0.2, 0) is 14.1 Å². The number of carbonyl (C=O) groups is 2. The molecular formula is C4H9NO4P2. The van der Waals surface area contributed by atoms with Crippen LogP contribution in [0.15, 0.2) is 0 Å². The van der Waals surface area contributed by atoms with E-state index in [1.807, 2.05) is 0 Å². The number of carboxylic acids is 1. The molecule has 11 heavy (non-hydrogen) atoms. The first-order valence-electron chi connectivity index (χ1n) is 2.70. The van der Waals surface area contributed by atoms with Crippen molar-refractivity contribution in [1.82, 2.24) is 5.09 Å². The first-order valence-corrected chi connectivity index (χ1v) is 3.75. The van der Waals surface area contributed by atoms with Crippen LogP contribution in [0, 0.1) is 0 Å². The van der Waals surface area contributed by atoms with E-state index < -0.39 is 18.0 Å². The van der Waals surface area contributed by atoms with Gasteiger partial charge < -0.3 is 9.63 Å². The van der Waals surface area contributed by atoms with E-state index in [4.69, 9.17) is 5.11 Å². The fourth-order valence-corrected chi connectivity index (χ4v) is 0.885. The third kappa shape index (κ3) is 4.25. The molecule has 64 valence electrons. The van der Waals surface area contributed by atoms with Crippen LogP contribution in [0.5, 0.6) is 0 Å². The molecule has 7 heteroatoms. The quantitative estimate of drug-likeness (QED) is 0.596. The van der Waals surface area contributed by atoms with E-state index in [1.165, 1.54) is 0 Å². The Balaban J connectivity index is 3.94. The van der Waals surface area contributed by atoms with Crippen molar-refractivity contribution < 1.29 is 19.2 Å². The molecule has 0 rings (SSSR count). The number of rotatable bonds is 4. The maximum absolute atomic E-state index is 10.7. The largest absolute Gasteiger partial charge is 0.481 e. The fraction of sp³-hybridized carbons (Fsp3) is 0.500. The van der Waals surface area contributed by atoms with Crippen molar-refractivity contribution in [1.29, 1.82) is 0 Å². The summed E-state index contributed by atoms with van der Waals surface area (Å²) in [5.74, 6) is -1.67. The van der Waals surface area contributed by atoms with Gasteiger partial charge in [-0.15, -0.1) is 0 Å². The second kappa shape index (κ2) is 5.42. The number of aliphatic carboxylic acids is 1. The molecule has 2 N–H and O–H groups in total. The van der Waals surface area contributed by atoms with Gasteiger partial charge in [-0.1, -0.05) is 9.39 Å². The number of hydrogen-bond acceptors (Lipinski definition) is 4. The first-order chi connectivity index (χ1) is 5.11. The van der Waals surface area contributed by atoms with Gasteiger partial charge >= 0.3 is 11.9 Å². The average molecular weight is 197 g/mol. The molecule has 0 aliphatic heterocycles. The average Bonchev–Trinajstić information content (AvgIpc) is 1.98. The minimum absolute atomic E-state index is 0.295. The Kier molecular flexibility index (Phi) is 5.30. The Morgan fingerprint density at radius 3 is 2.45 bits per heavy atom. The molecule has 0 radical (unpaired) electrons. The van der Waals surface area contributed by atoms with Gasteiger partial charge in [0.05, 0.1) is 15.9 Å². The Bertz CT molecular complexity index is 162. The lowest BCUT2D eigenvalue weighted by Crippen LogP contribution is -2.32. The molecule has 0 heterocycles. The Hall–Kier alpha value is -0.240. The summed E-state index contributed by atoms with van der Waals surface area (Å²) >= 11 is 0. The lowest BCUT2D eigenvalue weighted by atomic mass is 10.2. The van der Waals surface area contributed by atoms with E-state index in [9.17, 15) is 9.59 Å². The molecule has 0 aliphatic rings. The highest BCUT2D eigenvalue weighted by molar-refractivity contribution is 7.14. The van der Waals surface area contributed by atoms with Gasteiger partial charge in [0.25, 0.3) is 0 Å². The van der Waals surface area contributed by atoms with Crippen molar-refractivity contribution >= 4 is 30.8 Å². The van der Waals surface area contributed by atoms with Gasteiger partial charge in [-0.2, -0.15) is 0 Å². The van der Waals surface area contributed by atoms with Crippen molar-refractivity contribution in [3.8, 4) is 0 Å². The van der Waals surface area contributed by atoms with E-state index in [-0.39, 0.29) is 6.42 Å². The van der Waals surface area contributed by atoms with E-state index in [0.29, 0.717) is 0 Å². The summed E-state index contributed by atoms with van der Waals surface area (Å²) in [5, 5.41) is 10.7. The zero-order chi connectivity index (χ0) is 8.85. The second-order valence-electron chi connectivity index (χ2n) is 1.75. The van der Waals surface area contributed by atoms with Crippen LogP contribution < -0.4 is 5.09 Å². The van der Waals surface area contributed by atoms with E-state index in [2.05, 4.69) is 19.0 Å². The molecule has 0 saturated heterocycles. The minimum Gasteiger partial charge on any atom is -0.481 e. The molecule has 0 saturated carbocycles. The topological polar surface area (TPSA) is 75.6 Å². The fourth-order valence-electron chi connectivity index (χ4n) is 0.467. The molecule has 5 nitrogen and oxygen atoms in total. The SMILES string of the molecule is O=C(O)CC(NP)C(=O)OP. The summed E-state index contributed by atoms with van der Waals surface area (Å²) in [5.41, 5.74) is 0. The van der Waals surface area contributed by atoms with Gasteiger partial charge in [0.1, 0.15) is 6.04 Å². The molecule has 0 aromatic carbocycles. The predicted octanol–water partition coefficient (Wildman–Crippen LogP) is -0.457. The van der Waals surface area contributed by atoms with Gasteiger partial charge in [0.2, 0.25) is 0 Å². The van der Waals surface area contributed by atoms with E-state index in [0.717, 1.165) is 0 Å². The van der Waals surface area contributed by atoms with Crippen LogP contribution in [-0.4, -0.2) is 23.1 Å². The van der Waals surface area contributed by atoms with Gasteiger partial charge in [-0.05, 0) is 0 Å². The predicted molar refractivity (Wildman–Crippen MR) is 44.7 cm³/mol. The van der Waals surface area contributed by atoms with Crippen molar-refractivity contribution in [2.24, 2.45) is 0 Å². The van der Waals surface area contributed by atoms with Crippen LogP contribution in [0.3, 0.4) is 0 Å². The van der Waals surface area contributed by atoms with Gasteiger partial charge in [0.15, 0.2) is 0 Å². The van der Waals surface area contributed by atoms with Crippen molar-refractivity contribution in [3.63, 3.8) is 0 Å². The lowest BCUT2D eigenvalue weighted by Gasteiger charge is -2.09. The monoisotopic (exact) mass is 197 g/mol. The lowest BCUT2D eigenvalue weighted by molar-refractivity contribution is -0.143. The summed E-state index contributed by atoms with van der Waals surface area (Å²) in [4.78, 5) is 20.8. The smallest absolute Gasteiger partial charge is 0.326 e. The first kappa shape index (κ1) is 10.8. The Morgan fingerprint density at radius 2 is 2.18 bits per heavy atom. The molecule has 0 aliphatic carbocycles. The summed E-state index contributed by atoms with van der Waals surface area (Å²) in [6, 6.07) is -0.810. The van der Waals surface area contributed by atoms with Crippen molar-refractivity contribution in [3.05, 3.63) is 0 Å². The maximum Gasteiger partial charge on any atom is 0.326 e.